The number of rotatable bonds is 2. The van der Waals surface area contributed by atoms with Crippen LogP contribution in [0.4, 0.5) is 0 Å². The normalized spacial score (nSPS) is 20.2. The van der Waals surface area contributed by atoms with E-state index < -0.39 is 0 Å². The minimum atomic E-state index is 0.0356. The van der Waals surface area contributed by atoms with Gasteiger partial charge in [-0.25, -0.2) is 0 Å². The van der Waals surface area contributed by atoms with Crippen LogP contribution in [-0.2, 0) is 6.54 Å². The summed E-state index contributed by atoms with van der Waals surface area (Å²) < 4.78 is 1.91. The van der Waals surface area contributed by atoms with E-state index in [0.717, 1.165) is 17.7 Å². The Morgan fingerprint density at radius 3 is 2.48 bits per heavy atom. The van der Waals surface area contributed by atoms with Crippen LogP contribution in [0.25, 0.3) is 11.1 Å². The fraction of sp³-hybridized carbons (Fsp3) is 0.261. The van der Waals surface area contributed by atoms with Crippen LogP contribution in [-0.4, -0.2) is 33.4 Å². The SMILES string of the molecule is O=C(c1ccncc1)N1C[C@H]2C[C@H](C1)c1ccc(-c3ccc(Cl)cc3)c(=O)n1C2. The molecule has 2 aliphatic rings. The molecule has 0 aliphatic carbocycles. The molecule has 2 atom stereocenters. The molecule has 5 nitrogen and oxygen atoms in total. The predicted octanol–water partition coefficient (Wildman–Crippen LogP) is 3.82. The maximum absolute atomic E-state index is 13.2. The molecule has 4 heterocycles. The number of piperidine rings is 1. The van der Waals surface area contributed by atoms with Crippen LogP contribution in [0.2, 0.25) is 5.02 Å². The molecule has 0 N–H and O–H groups in total. The highest BCUT2D eigenvalue weighted by Gasteiger charge is 2.36. The van der Waals surface area contributed by atoms with E-state index in [2.05, 4.69) is 4.98 Å². The Hall–Kier alpha value is -2.92. The van der Waals surface area contributed by atoms with Crippen LogP contribution in [0.1, 0.15) is 28.4 Å². The minimum absolute atomic E-state index is 0.0356. The van der Waals surface area contributed by atoms with Gasteiger partial charge in [-0.3, -0.25) is 14.6 Å². The molecule has 2 bridgehead atoms. The van der Waals surface area contributed by atoms with Gasteiger partial charge in [0.2, 0.25) is 0 Å². The lowest BCUT2D eigenvalue weighted by Gasteiger charge is -2.43. The number of pyridine rings is 2. The molecule has 0 saturated carbocycles. The maximum atomic E-state index is 13.2. The van der Waals surface area contributed by atoms with Gasteiger partial charge in [-0.1, -0.05) is 23.7 Å². The number of hydrogen-bond acceptors (Lipinski definition) is 3. The number of carbonyl (C=O) groups excluding carboxylic acids is 1. The Balaban J connectivity index is 1.46. The Morgan fingerprint density at radius 2 is 1.72 bits per heavy atom. The zero-order valence-corrected chi connectivity index (χ0v) is 16.5. The average molecular weight is 406 g/mol. The fourth-order valence-corrected chi connectivity index (χ4v) is 4.76. The monoisotopic (exact) mass is 405 g/mol. The summed E-state index contributed by atoms with van der Waals surface area (Å²) in [7, 11) is 0. The number of carbonyl (C=O) groups is 1. The van der Waals surface area contributed by atoms with E-state index in [9.17, 15) is 9.59 Å². The second kappa shape index (κ2) is 7.16. The summed E-state index contributed by atoms with van der Waals surface area (Å²) in [6.07, 6.45) is 4.30. The molecule has 0 spiro atoms. The van der Waals surface area contributed by atoms with Crippen LogP contribution >= 0.6 is 11.6 Å². The van der Waals surface area contributed by atoms with Crippen molar-refractivity contribution in [1.29, 1.82) is 0 Å². The number of amides is 1. The third-order valence-electron chi connectivity index (χ3n) is 5.97. The van der Waals surface area contributed by atoms with Crippen LogP contribution in [0.3, 0.4) is 0 Å². The molecule has 146 valence electrons. The van der Waals surface area contributed by atoms with Gasteiger partial charge in [0.1, 0.15) is 0 Å². The van der Waals surface area contributed by atoms with Gasteiger partial charge in [0.25, 0.3) is 11.5 Å². The van der Waals surface area contributed by atoms with E-state index in [4.69, 9.17) is 11.6 Å². The topological polar surface area (TPSA) is 55.2 Å². The first kappa shape index (κ1) is 18.1. The van der Waals surface area contributed by atoms with Gasteiger partial charge in [-0.15, -0.1) is 0 Å². The number of aromatic nitrogens is 2. The second-order valence-electron chi connectivity index (χ2n) is 7.84. The number of benzene rings is 1. The summed E-state index contributed by atoms with van der Waals surface area (Å²) in [6, 6.07) is 14.8. The molecule has 1 aromatic carbocycles. The molecule has 5 rings (SSSR count). The number of halogens is 1. The highest BCUT2D eigenvalue weighted by atomic mass is 35.5. The van der Waals surface area contributed by atoms with E-state index in [-0.39, 0.29) is 23.3 Å². The smallest absolute Gasteiger partial charge is 0.258 e. The number of likely N-dealkylation sites (tertiary alicyclic amines) is 1. The zero-order chi connectivity index (χ0) is 20.0. The molecule has 6 heteroatoms. The summed E-state index contributed by atoms with van der Waals surface area (Å²) in [4.78, 5) is 32.0. The van der Waals surface area contributed by atoms with Crippen molar-refractivity contribution in [3.63, 3.8) is 0 Å². The van der Waals surface area contributed by atoms with E-state index in [1.807, 2.05) is 33.7 Å². The van der Waals surface area contributed by atoms with Crippen molar-refractivity contribution >= 4 is 17.5 Å². The number of hydrogen-bond donors (Lipinski definition) is 0. The van der Waals surface area contributed by atoms with Crippen molar-refractivity contribution < 1.29 is 4.79 Å². The van der Waals surface area contributed by atoms with Crippen molar-refractivity contribution in [3.8, 4) is 11.1 Å². The first-order valence-corrected chi connectivity index (χ1v) is 10.2. The van der Waals surface area contributed by atoms with Crippen molar-refractivity contribution in [2.45, 2.75) is 18.9 Å². The number of nitrogens with zero attached hydrogens (tertiary/aromatic N) is 3. The lowest BCUT2D eigenvalue weighted by molar-refractivity contribution is 0.0594. The Morgan fingerprint density at radius 1 is 0.966 bits per heavy atom. The molecule has 1 saturated heterocycles. The van der Waals surface area contributed by atoms with Gasteiger partial charge in [0, 0.05) is 59.8 Å². The van der Waals surface area contributed by atoms with Crippen LogP contribution in [0, 0.1) is 5.92 Å². The van der Waals surface area contributed by atoms with Crippen LogP contribution < -0.4 is 5.56 Å². The lowest BCUT2D eigenvalue weighted by Crippen LogP contribution is -2.49. The Kier molecular flexibility index (Phi) is 4.47. The molecular weight excluding hydrogens is 386 g/mol. The van der Waals surface area contributed by atoms with E-state index in [1.54, 1.807) is 36.7 Å². The maximum Gasteiger partial charge on any atom is 0.258 e. The molecular formula is C23H20ClN3O2. The summed E-state index contributed by atoms with van der Waals surface area (Å²) in [5.74, 6) is 0.501. The molecule has 1 fully saturated rings. The molecule has 2 aromatic heterocycles. The summed E-state index contributed by atoms with van der Waals surface area (Å²) in [5, 5.41) is 0.653. The highest BCUT2D eigenvalue weighted by molar-refractivity contribution is 6.30. The third kappa shape index (κ3) is 3.25. The van der Waals surface area contributed by atoms with E-state index >= 15 is 0 Å². The van der Waals surface area contributed by atoms with Crippen molar-refractivity contribution in [3.05, 3.63) is 87.6 Å². The van der Waals surface area contributed by atoms with Gasteiger partial charge in [-0.05, 0) is 54.3 Å². The summed E-state index contributed by atoms with van der Waals surface area (Å²) in [6.45, 7) is 1.96. The molecule has 2 aliphatic heterocycles. The standard InChI is InChI=1S/C23H20ClN3O2/c24-19-3-1-16(2-4-19)20-5-6-21-18-11-15(13-27(21)23(20)29)12-26(14-18)22(28)17-7-9-25-10-8-17/h1-10,15,18H,11-14H2/t15-,18-/m1/s1. The average Bonchev–Trinajstić information content (AvgIpc) is 2.75. The van der Waals surface area contributed by atoms with E-state index in [0.29, 0.717) is 35.8 Å². The van der Waals surface area contributed by atoms with Gasteiger partial charge >= 0.3 is 0 Å². The van der Waals surface area contributed by atoms with Gasteiger partial charge in [0.15, 0.2) is 0 Å². The first-order chi connectivity index (χ1) is 14.1. The predicted molar refractivity (Wildman–Crippen MR) is 112 cm³/mol. The second-order valence-corrected chi connectivity index (χ2v) is 8.28. The van der Waals surface area contributed by atoms with Gasteiger partial charge < -0.3 is 9.47 Å². The Bertz CT molecular complexity index is 1130. The Labute approximate surface area is 173 Å². The lowest BCUT2D eigenvalue weighted by atomic mass is 9.82. The zero-order valence-electron chi connectivity index (χ0n) is 15.8. The molecule has 1 amide bonds. The highest BCUT2D eigenvalue weighted by Crippen LogP contribution is 2.36. The molecule has 0 unspecified atom stereocenters. The third-order valence-corrected chi connectivity index (χ3v) is 6.23. The summed E-state index contributed by atoms with van der Waals surface area (Å²) >= 11 is 5.98. The van der Waals surface area contributed by atoms with Crippen LogP contribution in [0.15, 0.2) is 65.7 Å². The summed E-state index contributed by atoms with van der Waals surface area (Å²) in [5.41, 5.74) is 3.29. The van der Waals surface area contributed by atoms with Gasteiger partial charge in [0.05, 0.1) is 0 Å². The van der Waals surface area contributed by atoms with Crippen LogP contribution in [0.5, 0.6) is 0 Å². The largest absolute Gasteiger partial charge is 0.338 e. The fourth-order valence-electron chi connectivity index (χ4n) is 4.64. The number of fused-ring (bicyclic) bond motifs is 4. The minimum Gasteiger partial charge on any atom is -0.338 e. The molecule has 29 heavy (non-hydrogen) atoms. The molecule has 3 aromatic rings. The van der Waals surface area contributed by atoms with Crippen molar-refractivity contribution in [2.24, 2.45) is 5.92 Å². The van der Waals surface area contributed by atoms with Crippen molar-refractivity contribution in [2.75, 3.05) is 13.1 Å². The molecule has 0 radical (unpaired) electrons. The van der Waals surface area contributed by atoms with E-state index in [1.165, 1.54) is 0 Å². The quantitative estimate of drug-likeness (QED) is 0.651. The first-order valence-electron chi connectivity index (χ1n) is 9.79. The van der Waals surface area contributed by atoms with Crippen molar-refractivity contribution in [1.82, 2.24) is 14.5 Å². The van der Waals surface area contributed by atoms with Gasteiger partial charge in [-0.2, -0.15) is 0 Å².